The average Bonchev–Trinajstić information content (AvgIpc) is 3.11. The molecule has 0 aliphatic carbocycles. The predicted octanol–water partition coefficient (Wildman–Crippen LogP) is 3.81. The second kappa shape index (κ2) is 7.33. The van der Waals surface area contributed by atoms with E-state index in [1.165, 1.54) is 11.3 Å². The number of thiazole rings is 1. The molecule has 2 aromatic carbocycles. The molecule has 0 radical (unpaired) electrons. The molecule has 0 amide bonds. The molecule has 0 fully saturated rings. The number of carbonyl (C=O) groups is 1. The summed E-state index contributed by atoms with van der Waals surface area (Å²) in [6.07, 6.45) is 3.38. The molecule has 3 rings (SSSR count). The Morgan fingerprint density at radius 3 is 2.61 bits per heavy atom. The number of ether oxygens (including phenoxy) is 1. The van der Waals surface area contributed by atoms with Gasteiger partial charge in [-0.3, -0.25) is 5.43 Å². The zero-order valence-electron chi connectivity index (χ0n) is 12.0. The maximum atomic E-state index is 11.9. The maximum Gasteiger partial charge on any atom is 0.343 e. The molecule has 1 aromatic heterocycles. The number of rotatable bonds is 5. The quantitative estimate of drug-likeness (QED) is 0.336. The molecule has 0 unspecified atom stereocenters. The lowest BCUT2D eigenvalue weighted by molar-refractivity contribution is 0.0735. The molecule has 0 saturated heterocycles. The van der Waals surface area contributed by atoms with Gasteiger partial charge >= 0.3 is 5.97 Å². The van der Waals surface area contributed by atoms with Crippen molar-refractivity contribution in [3.8, 4) is 5.75 Å². The smallest absolute Gasteiger partial charge is 0.343 e. The van der Waals surface area contributed by atoms with Gasteiger partial charge in [-0.2, -0.15) is 5.10 Å². The highest BCUT2D eigenvalue weighted by Gasteiger charge is 2.07. The van der Waals surface area contributed by atoms with E-state index in [9.17, 15) is 4.79 Å². The van der Waals surface area contributed by atoms with Crippen LogP contribution in [0.1, 0.15) is 15.9 Å². The van der Waals surface area contributed by atoms with Crippen LogP contribution in [-0.2, 0) is 0 Å². The van der Waals surface area contributed by atoms with Crippen LogP contribution in [0.5, 0.6) is 5.75 Å². The van der Waals surface area contributed by atoms with Crippen LogP contribution >= 0.6 is 11.3 Å². The molecule has 5 nitrogen and oxygen atoms in total. The average molecular weight is 323 g/mol. The molecule has 0 bridgehead atoms. The lowest BCUT2D eigenvalue weighted by Gasteiger charge is -2.04. The van der Waals surface area contributed by atoms with E-state index in [1.54, 1.807) is 48.8 Å². The largest absolute Gasteiger partial charge is 0.423 e. The van der Waals surface area contributed by atoms with Gasteiger partial charge < -0.3 is 4.74 Å². The minimum Gasteiger partial charge on any atom is -0.423 e. The van der Waals surface area contributed by atoms with E-state index in [0.29, 0.717) is 11.3 Å². The highest BCUT2D eigenvalue weighted by atomic mass is 32.1. The summed E-state index contributed by atoms with van der Waals surface area (Å²) in [5, 5.41) is 6.69. The van der Waals surface area contributed by atoms with Crippen LogP contribution in [0.25, 0.3) is 0 Å². The van der Waals surface area contributed by atoms with Crippen molar-refractivity contribution in [2.24, 2.45) is 5.10 Å². The van der Waals surface area contributed by atoms with Gasteiger partial charge in [-0.25, -0.2) is 9.78 Å². The summed E-state index contributed by atoms with van der Waals surface area (Å²) in [4.78, 5) is 16.0. The molecule has 0 aliphatic heterocycles. The number of benzene rings is 2. The van der Waals surface area contributed by atoms with Gasteiger partial charge in [0, 0.05) is 11.6 Å². The van der Waals surface area contributed by atoms with Gasteiger partial charge in [0.15, 0.2) is 0 Å². The van der Waals surface area contributed by atoms with Crippen LogP contribution in [-0.4, -0.2) is 17.2 Å². The Hall–Kier alpha value is -2.99. The monoisotopic (exact) mass is 323 g/mol. The molecule has 114 valence electrons. The van der Waals surface area contributed by atoms with E-state index >= 15 is 0 Å². The lowest BCUT2D eigenvalue weighted by Crippen LogP contribution is -2.08. The van der Waals surface area contributed by atoms with Crippen LogP contribution in [0.3, 0.4) is 0 Å². The van der Waals surface area contributed by atoms with E-state index in [-0.39, 0.29) is 5.97 Å². The molecule has 23 heavy (non-hydrogen) atoms. The first-order valence-electron chi connectivity index (χ1n) is 6.87. The summed E-state index contributed by atoms with van der Waals surface area (Å²) in [6.45, 7) is 0. The van der Waals surface area contributed by atoms with Crippen LogP contribution in [0, 0.1) is 0 Å². The minimum absolute atomic E-state index is 0.377. The predicted molar refractivity (Wildman–Crippen MR) is 91.2 cm³/mol. The minimum atomic E-state index is -0.377. The van der Waals surface area contributed by atoms with Crippen molar-refractivity contribution in [1.29, 1.82) is 0 Å². The fraction of sp³-hybridized carbons (Fsp3) is 0. The fourth-order valence-corrected chi connectivity index (χ4v) is 2.28. The third kappa shape index (κ3) is 4.24. The zero-order chi connectivity index (χ0) is 15.9. The van der Waals surface area contributed by atoms with Crippen molar-refractivity contribution >= 4 is 28.7 Å². The normalized spacial score (nSPS) is 10.6. The molecule has 0 aliphatic rings. The number of esters is 1. The number of nitrogens with one attached hydrogen (secondary N) is 1. The summed E-state index contributed by atoms with van der Waals surface area (Å²) in [7, 11) is 0. The summed E-state index contributed by atoms with van der Waals surface area (Å²) in [5.41, 5.74) is 4.24. The zero-order valence-corrected chi connectivity index (χ0v) is 12.9. The lowest BCUT2D eigenvalue weighted by atomic mass is 10.2. The van der Waals surface area contributed by atoms with Crippen molar-refractivity contribution in [1.82, 2.24) is 4.98 Å². The number of anilines is 1. The second-order valence-corrected chi connectivity index (χ2v) is 5.43. The Labute approximate surface area is 137 Å². The summed E-state index contributed by atoms with van der Waals surface area (Å²) >= 11 is 1.47. The van der Waals surface area contributed by atoms with Gasteiger partial charge in [-0.15, -0.1) is 11.3 Å². The van der Waals surface area contributed by atoms with Crippen LogP contribution in [0.2, 0.25) is 0 Å². The standard InChI is InChI=1S/C17H13N3O2S/c21-16(14-4-2-1-3-5-14)22-15-8-6-13(7-9-15)12-19-20-17-18-10-11-23-17/h1-12H,(H,18,20)/b19-12+. The topological polar surface area (TPSA) is 63.6 Å². The first-order valence-corrected chi connectivity index (χ1v) is 7.75. The van der Waals surface area contributed by atoms with Crippen molar-refractivity contribution < 1.29 is 9.53 Å². The summed E-state index contributed by atoms with van der Waals surface area (Å²) < 4.78 is 5.31. The van der Waals surface area contributed by atoms with Crippen molar-refractivity contribution in [2.45, 2.75) is 0 Å². The number of carbonyl (C=O) groups excluding carboxylic acids is 1. The van der Waals surface area contributed by atoms with E-state index < -0.39 is 0 Å². The number of nitrogens with zero attached hydrogens (tertiary/aromatic N) is 2. The Morgan fingerprint density at radius 1 is 1.13 bits per heavy atom. The Balaban J connectivity index is 1.58. The third-order valence-electron chi connectivity index (χ3n) is 2.91. The molecular formula is C17H13N3O2S. The van der Waals surface area contributed by atoms with Crippen LogP contribution in [0.4, 0.5) is 5.13 Å². The second-order valence-electron chi connectivity index (χ2n) is 4.53. The van der Waals surface area contributed by atoms with Gasteiger partial charge in [0.25, 0.3) is 0 Å². The van der Waals surface area contributed by atoms with Crippen molar-refractivity contribution in [3.63, 3.8) is 0 Å². The third-order valence-corrected chi connectivity index (χ3v) is 3.58. The molecule has 3 aromatic rings. The van der Waals surface area contributed by atoms with Crippen LogP contribution in [0.15, 0.2) is 71.3 Å². The van der Waals surface area contributed by atoms with Crippen LogP contribution < -0.4 is 10.2 Å². The summed E-state index contributed by atoms with van der Waals surface area (Å²) in [6, 6.07) is 16.0. The van der Waals surface area contributed by atoms with Gasteiger partial charge in [-0.05, 0) is 42.0 Å². The molecule has 6 heteroatoms. The first-order chi connectivity index (χ1) is 11.3. The SMILES string of the molecule is O=C(Oc1ccc(/C=N/Nc2nccs2)cc1)c1ccccc1. The molecule has 1 N–H and O–H groups in total. The maximum absolute atomic E-state index is 11.9. The summed E-state index contributed by atoms with van der Waals surface area (Å²) in [5.74, 6) is 0.112. The Kier molecular flexibility index (Phi) is 4.76. The number of hydrogen-bond donors (Lipinski definition) is 1. The Morgan fingerprint density at radius 2 is 1.91 bits per heavy atom. The molecule has 0 saturated carbocycles. The van der Waals surface area contributed by atoms with Gasteiger partial charge in [0.2, 0.25) is 5.13 Å². The highest BCUT2D eigenvalue weighted by molar-refractivity contribution is 7.13. The first kappa shape index (κ1) is 14.9. The fourth-order valence-electron chi connectivity index (χ4n) is 1.80. The Bertz CT molecular complexity index is 784. The van der Waals surface area contributed by atoms with Gasteiger partial charge in [0.1, 0.15) is 5.75 Å². The molecule has 0 spiro atoms. The van der Waals surface area contributed by atoms with E-state index in [4.69, 9.17) is 4.74 Å². The highest BCUT2D eigenvalue weighted by Crippen LogP contribution is 2.14. The molecule has 0 atom stereocenters. The van der Waals surface area contributed by atoms with Gasteiger partial charge in [0.05, 0.1) is 11.8 Å². The number of hydrogen-bond acceptors (Lipinski definition) is 6. The number of aromatic nitrogens is 1. The van der Waals surface area contributed by atoms with Gasteiger partial charge in [-0.1, -0.05) is 18.2 Å². The van der Waals surface area contributed by atoms with Crippen molar-refractivity contribution in [3.05, 3.63) is 77.3 Å². The molecule has 1 heterocycles. The van der Waals surface area contributed by atoms with Crippen molar-refractivity contribution in [2.75, 3.05) is 5.43 Å². The van der Waals surface area contributed by atoms with E-state index in [1.807, 2.05) is 23.6 Å². The van der Waals surface area contributed by atoms with E-state index in [2.05, 4.69) is 15.5 Å². The number of hydrazone groups is 1. The molecular weight excluding hydrogens is 310 g/mol. The van der Waals surface area contributed by atoms with E-state index in [0.717, 1.165) is 10.7 Å².